The molecule has 1 rings (SSSR count). The van der Waals surface area contributed by atoms with Crippen molar-refractivity contribution < 1.29 is 8.42 Å². The largest absolute Gasteiger partial charge is 0.389 e. The van der Waals surface area contributed by atoms with Crippen molar-refractivity contribution in [2.24, 2.45) is 5.73 Å². The number of thiocarbonyl (C=S) groups is 1. The van der Waals surface area contributed by atoms with Crippen LogP contribution in [0.25, 0.3) is 0 Å². The first-order valence-electron chi connectivity index (χ1n) is 6.71. The molecule has 0 spiro atoms. The summed E-state index contributed by atoms with van der Waals surface area (Å²) in [7, 11) is 0.333. The normalized spacial score (nSPS) is 13.4. The van der Waals surface area contributed by atoms with Gasteiger partial charge in [-0.2, -0.15) is 0 Å². The van der Waals surface area contributed by atoms with Crippen molar-refractivity contribution in [3.8, 4) is 0 Å². The SMILES string of the molecule is Cc1ccc(C(N)=S)cc1S(=O)(=O)NC(C)CCN(C)C. The zero-order valence-electron chi connectivity index (χ0n) is 12.9. The maximum atomic E-state index is 12.5. The molecule has 1 aromatic carbocycles. The van der Waals surface area contributed by atoms with Crippen LogP contribution in [-0.4, -0.2) is 45.0 Å². The van der Waals surface area contributed by atoms with E-state index in [4.69, 9.17) is 18.0 Å². The van der Waals surface area contributed by atoms with E-state index in [1.807, 2.05) is 25.9 Å². The summed E-state index contributed by atoms with van der Waals surface area (Å²) in [5.74, 6) is 0. The highest BCUT2D eigenvalue weighted by Gasteiger charge is 2.20. The molecular weight excluding hydrogens is 306 g/mol. The number of hydrogen-bond acceptors (Lipinski definition) is 4. The van der Waals surface area contributed by atoms with Crippen LogP contribution in [0.15, 0.2) is 23.1 Å². The van der Waals surface area contributed by atoms with Crippen LogP contribution in [0.4, 0.5) is 0 Å². The van der Waals surface area contributed by atoms with E-state index >= 15 is 0 Å². The lowest BCUT2D eigenvalue weighted by Crippen LogP contribution is -2.35. The van der Waals surface area contributed by atoms with Gasteiger partial charge in [-0.3, -0.25) is 0 Å². The van der Waals surface area contributed by atoms with Gasteiger partial charge < -0.3 is 10.6 Å². The average Bonchev–Trinajstić information content (AvgIpc) is 2.35. The quantitative estimate of drug-likeness (QED) is 0.736. The molecule has 0 bridgehead atoms. The molecule has 5 nitrogen and oxygen atoms in total. The number of nitrogens with two attached hydrogens (primary N) is 1. The Hall–Kier alpha value is -1.02. The second-order valence-electron chi connectivity index (χ2n) is 5.46. The minimum Gasteiger partial charge on any atom is -0.389 e. The fraction of sp³-hybridized carbons (Fsp3) is 0.500. The highest BCUT2D eigenvalue weighted by Crippen LogP contribution is 2.17. The molecule has 0 fully saturated rings. The lowest BCUT2D eigenvalue weighted by molar-refractivity contribution is 0.379. The molecule has 0 saturated heterocycles. The molecule has 0 amide bonds. The predicted octanol–water partition coefficient (Wildman–Crippen LogP) is 1.25. The monoisotopic (exact) mass is 329 g/mol. The first kappa shape index (κ1) is 18.0. The van der Waals surface area contributed by atoms with Crippen LogP contribution in [0.1, 0.15) is 24.5 Å². The summed E-state index contributed by atoms with van der Waals surface area (Å²) in [6.07, 6.45) is 0.736. The third-order valence-electron chi connectivity index (χ3n) is 3.13. The average molecular weight is 329 g/mol. The fourth-order valence-corrected chi connectivity index (χ4v) is 3.56. The maximum absolute atomic E-state index is 12.5. The summed E-state index contributed by atoms with van der Waals surface area (Å²) in [6.45, 7) is 4.42. The second-order valence-corrected chi connectivity index (χ2v) is 7.58. The first-order valence-corrected chi connectivity index (χ1v) is 8.60. The van der Waals surface area contributed by atoms with E-state index in [1.165, 1.54) is 6.07 Å². The Morgan fingerprint density at radius 3 is 2.57 bits per heavy atom. The third kappa shape index (κ3) is 5.35. The fourth-order valence-electron chi connectivity index (χ4n) is 1.88. The van der Waals surface area contributed by atoms with E-state index in [2.05, 4.69) is 4.72 Å². The molecule has 0 heterocycles. The van der Waals surface area contributed by atoms with Crippen LogP contribution in [0.2, 0.25) is 0 Å². The number of sulfonamides is 1. The Morgan fingerprint density at radius 2 is 2.05 bits per heavy atom. The Morgan fingerprint density at radius 1 is 1.43 bits per heavy atom. The van der Waals surface area contributed by atoms with E-state index in [-0.39, 0.29) is 15.9 Å². The molecular formula is C14H23N3O2S2. The van der Waals surface area contributed by atoms with Gasteiger partial charge in [-0.15, -0.1) is 0 Å². The van der Waals surface area contributed by atoms with Crippen molar-refractivity contribution in [1.29, 1.82) is 0 Å². The van der Waals surface area contributed by atoms with E-state index in [1.54, 1.807) is 19.1 Å². The van der Waals surface area contributed by atoms with Gasteiger partial charge in [0.25, 0.3) is 0 Å². The van der Waals surface area contributed by atoms with Crippen molar-refractivity contribution in [3.63, 3.8) is 0 Å². The summed E-state index contributed by atoms with van der Waals surface area (Å²) in [6, 6.07) is 4.82. The van der Waals surface area contributed by atoms with Crippen molar-refractivity contribution in [2.45, 2.75) is 31.2 Å². The van der Waals surface area contributed by atoms with Crippen molar-refractivity contribution in [2.75, 3.05) is 20.6 Å². The minimum atomic E-state index is -3.58. The number of nitrogens with zero attached hydrogens (tertiary/aromatic N) is 1. The van der Waals surface area contributed by atoms with Gasteiger partial charge in [-0.1, -0.05) is 24.4 Å². The third-order valence-corrected chi connectivity index (χ3v) is 5.10. The zero-order chi connectivity index (χ0) is 16.2. The Balaban J connectivity index is 2.97. The van der Waals surface area contributed by atoms with Crippen LogP contribution in [0.5, 0.6) is 0 Å². The summed E-state index contributed by atoms with van der Waals surface area (Å²) >= 11 is 4.90. The summed E-state index contributed by atoms with van der Waals surface area (Å²) in [5.41, 5.74) is 6.79. The molecule has 1 atom stereocenters. The van der Waals surface area contributed by atoms with Gasteiger partial charge in [0.1, 0.15) is 4.99 Å². The van der Waals surface area contributed by atoms with Crippen LogP contribution in [0, 0.1) is 6.92 Å². The lowest BCUT2D eigenvalue weighted by atomic mass is 10.1. The van der Waals surface area contributed by atoms with Crippen molar-refractivity contribution in [1.82, 2.24) is 9.62 Å². The van der Waals surface area contributed by atoms with E-state index in [0.29, 0.717) is 11.1 Å². The minimum absolute atomic E-state index is 0.148. The van der Waals surface area contributed by atoms with Crippen molar-refractivity contribution in [3.05, 3.63) is 29.3 Å². The van der Waals surface area contributed by atoms with Crippen LogP contribution in [0.3, 0.4) is 0 Å². The molecule has 0 saturated carbocycles. The van der Waals surface area contributed by atoms with Gasteiger partial charge in [0, 0.05) is 11.6 Å². The summed E-state index contributed by atoms with van der Waals surface area (Å²) < 4.78 is 27.6. The van der Waals surface area contributed by atoms with Gasteiger partial charge in [-0.05, 0) is 52.5 Å². The predicted molar refractivity (Wildman–Crippen MR) is 90.0 cm³/mol. The molecule has 3 N–H and O–H groups in total. The maximum Gasteiger partial charge on any atom is 0.241 e. The number of rotatable bonds is 7. The molecule has 7 heteroatoms. The summed E-state index contributed by atoms with van der Waals surface area (Å²) in [5, 5.41) is 0. The summed E-state index contributed by atoms with van der Waals surface area (Å²) in [4.78, 5) is 2.43. The molecule has 118 valence electrons. The van der Waals surface area contributed by atoms with Crippen molar-refractivity contribution >= 4 is 27.2 Å². The van der Waals surface area contributed by atoms with E-state index < -0.39 is 10.0 Å². The van der Waals surface area contributed by atoms with Gasteiger partial charge >= 0.3 is 0 Å². The molecule has 0 aliphatic heterocycles. The molecule has 1 aromatic rings. The van der Waals surface area contributed by atoms with E-state index in [9.17, 15) is 8.42 Å². The number of hydrogen-bond donors (Lipinski definition) is 2. The zero-order valence-corrected chi connectivity index (χ0v) is 14.5. The van der Waals surface area contributed by atoms with Gasteiger partial charge in [0.2, 0.25) is 10.0 Å². The molecule has 21 heavy (non-hydrogen) atoms. The van der Waals surface area contributed by atoms with Crippen LogP contribution >= 0.6 is 12.2 Å². The highest BCUT2D eigenvalue weighted by molar-refractivity contribution is 7.89. The van der Waals surface area contributed by atoms with Gasteiger partial charge in [0.05, 0.1) is 4.90 Å². The van der Waals surface area contributed by atoms with Crippen LogP contribution < -0.4 is 10.5 Å². The van der Waals surface area contributed by atoms with Crippen LogP contribution in [-0.2, 0) is 10.0 Å². The molecule has 0 aliphatic carbocycles. The standard InChI is InChI=1S/C14H23N3O2S2/c1-10-5-6-12(14(15)20)9-13(10)21(18,19)16-11(2)7-8-17(3)4/h5-6,9,11,16H,7-8H2,1-4H3,(H2,15,20). The number of aryl methyl sites for hydroxylation is 1. The lowest BCUT2D eigenvalue weighted by Gasteiger charge is -2.18. The molecule has 1 unspecified atom stereocenters. The molecule has 0 radical (unpaired) electrons. The Kier molecular flexibility index (Phi) is 6.27. The number of benzene rings is 1. The van der Waals surface area contributed by atoms with E-state index in [0.717, 1.165) is 13.0 Å². The highest BCUT2D eigenvalue weighted by atomic mass is 32.2. The first-order chi connectivity index (χ1) is 9.63. The topological polar surface area (TPSA) is 75.4 Å². The second kappa shape index (κ2) is 7.31. The molecule has 0 aliphatic rings. The van der Waals surface area contributed by atoms with Gasteiger partial charge in [-0.25, -0.2) is 13.1 Å². The Labute approximate surface area is 132 Å². The van der Waals surface area contributed by atoms with Gasteiger partial charge in [0.15, 0.2) is 0 Å². The Bertz CT molecular complexity index is 613. The molecule has 0 aromatic heterocycles. The smallest absolute Gasteiger partial charge is 0.241 e. The number of nitrogens with one attached hydrogen (secondary N) is 1.